The maximum atomic E-state index is 11.1. The first-order valence-electron chi connectivity index (χ1n) is 8.42. The third kappa shape index (κ3) is 5.38. The third-order valence-electron chi connectivity index (χ3n) is 3.90. The van der Waals surface area contributed by atoms with Gasteiger partial charge in [0.25, 0.3) is 11.4 Å². The number of nitro benzene ring substituents is 2. The lowest BCUT2D eigenvalue weighted by Gasteiger charge is -2.06. The Morgan fingerprint density at radius 3 is 1.80 bits per heavy atom. The van der Waals surface area contributed by atoms with Gasteiger partial charge in [-0.2, -0.15) is 0 Å². The van der Waals surface area contributed by atoms with Crippen LogP contribution in [0.2, 0.25) is 0 Å². The molecule has 0 unspecified atom stereocenters. The molecule has 6 nitrogen and oxygen atoms in total. The molecular weight excluding hydrogens is 320 g/mol. The lowest BCUT2D eigenvalue weighted by molar-refractivity contribution is -0.385. The summed E-state index contributed by atoms with van der Waals surface area (Å²) in [5.41, 5.74) is 3.29. The summed E-state index contributed by atoms with van der Waals surface area (Å²) in [6.45, 7) is 7.59. The van der Waals surface area contributed by atoms with E-state index in [1.54, 1.807) is 31.2 Å². The van der Waals surface area contributed by atoms with Crippen LogP contribution in [0.25, 0.3) is 0 Å². The van der Waals surface area contributed by atoms with Crippen molar-refractivity contribution < 1.29 is 9.85 Å². The highest BCUT2D eigenvalue weighted by atomic mass is 16.6. The van der Waals surface area contributed by atoms with E-state index in [2.05, 4.69) is 0 Å². The van der Waals surface area contributed by atoms with Gasteiger partial charge >= 0.3 is 0 Å². The lowest BCUT2D eigenvalue weighted by Crippen LogP contribution is -1.99. The molecular formula is C19H24N2O4. The van der Waals surface area contributed by atoms with E-state index in [4.69, 9.17) is 0 Å². The Hall–Kier alpha value is -2.76. The second kappa shape index (κ2) is 9.52. The predicted molar refractivity (Wildman–Crippen MR) is 99.1 cm³/mol. The fourth-order valence-corrected chi connectivity index (χ4v) is 2.53. The van der Waals surface area contributed by atoms with Gasteiger partial charge in [-0.3, -0.25) is 20.2 Å². The average Bonchev–Trinajstić information content (AvgIpc) is 2.62. The van der Waals surface area contributed by atoms with Crippen molar-refractivity contribution in [3.05, 3.63) is 78.9 Å². The van der Waals surface area contributed by atoms with Crippen molar-refractivity contribution in [3.63, 3.8) is 0 Å². The predicted octanol–water partition coefficient (Wildman–Crippen LogP) is 5.19. The first kappa shape index (κ1) is 20.3. The Morgan fingerprint density at radius 1 is 0.840 bits per heavy atom. The van der Waals surface area contributed by atoms with E-state index in [1.807, 2.05) is 32.9 Å². The summed E-state index contributed by atoms with van der Waals surface area (Å²) in [6.07, 6.45) is 1.82. The summed E-state index contributed by atoms with van der Waals surface area (Å²) < 4.78 is 0. The molecule has 2 rings (SSSR count). The van der Waals surface area contributed by atoms with Crippen molar-refractivity contribution >= 4 is 11.4 Å². The molecule has 0 amide bonds. The average molecular weight is 344 g/mol. The zero-order chi connectivity index (χ0) is 19.0. The highest BCUT2D eigenvalue weighted by Gasteiger charge is 2.14. The number of rotatable bonds is 6. The van der Waals surface area contributed by atoms with Crippen LogP contribution in [-0.4, -0.2) is 9.85 Å². The SMILES string of the molecule is CC.CCc1ccc(CCc2ccc(C)c([N+](=O)[O-])c2)cc1[N+](=O)[O-]. The Labute approximate surface area is 147 Å². The molecule has 0 aliphatic carbocycles. The van der Waals surface area contributed by atoms with E-state index in [1.165, 1.54) is 0 Å². The molecule has 0 atom stereocenters. The van der Waals surface area contributed by atoms with Crippen LogP contribution in [0.4, 0.5) is 11.4 Å². The van der Waals surface area contributed by atoms with Crippen molar-refractivity contribution in [2.24, 2.45) is 0 Å². The van der Waals surface area contributed by atoms with Gasteiger partial charge in [0.05, 0.1) is 9.85 Å². The normalized spacial score (nSPS) is 9.92. The van der Waals surface area contributed by atoms with E-state index in [-0.39, 0.29) is 21.2 Å². The lowest BCUT2D eigenvalue weighted by atomic mass is 10.00. The number of aryl methyl sites for hydroxylation is 4. The highest BCUT2D eigenvalue weighted by molar-refractivity contribution is 5.45. The van der Waals surface area contributed by atoms with E-state index in [0.29, 0.717) is 30.4 Å². The zero-order valence-corrected chi connectivity index (χ0v) is 15.1. The van der Waals surface area contributed by atoms with Crippen LogP contribution in [0.3, 0.4) is 0 Å². The molecule has 0 bridgehead atoms. The Bertz CT molecular complexity index is 757. The number of hydrogen-bond acceptors (Lipinski definition) is 4. The Morgan fingerprint density at radius 2 is 1.32 bits per heavy atom. The summed E-state index contributed by atoms with van der Waals surface area (Å²) in [6, 6.07) is 10.4. The van der Waals surface area contributed by atoms with Crippen LogP contribution >= 0.6 is 0 Å². The minimum absolute atomic E-state index is 0.106. The minimum atomic E-state index is -0.389. The van der Waals surface area contributed by atoms with Crippen LogP contribution in [0.15, 0.2) is 36.4 Å². The standard InChI is InChI=1S/C17H18N2O4.C2H6/c1-3-15-9-8-14(11-17(15)19(22)23)7-6-13-5-4-12(2)16(10-13)18(20)21;1-2/h4-5,8-11H,3,6-7H2,1-2H3;1-2H3. The van der Waals surface area contributed by atoms with Crippen molar-refractivity contribution in [1.82, 2.24) is 0 Å². The smallest absolute Gasteiger partial charge is 0.258 e. The fraction of sp³-hybridized carbons (Fsp3) is 0.368. The van der Waals surface area contributed by atoms with Gasteiger partial charge < -0.3 is 0 Å². The number of nitro groups is 2. The monoisotopic (exact) mass is 344 g/mol. The van der Waals surface area contributed by atoms with Crippen LogP contribution < -0.4 is 0 Å². The molecule has 0 heterocycles. The van der Waals surface area contributed by atoms with E-state index in [0.717, 1.165) is 11.1 Å². The second-order valence-electron chi connectivity index (χ2n) is 5.45. The first-order chi connectivity index (χ1) is 11.9. The van der Waals surface area contributed by atoms with Crippen LogP contribution in [0.1, 0.15) is 43.0 Å². The summed E-state index contributed by atoms with van der Waals surface area (Å²) in [4.78, 5) is 21.3. The van der Waals surface area contributed by atoms with E-state index in [9.17, 15) is 20.2 Å². The molecule has 0 fully saturated rings. The second-order valence-corrected chi connectivity index (χ2v) is 5.45. The summed E-state index contributed by atoms with van der Waals surface area (Å²) >= 11 is 0. The Kier molecular flexibility index (Phi) is 7.72. The van der Waals surface area contributed by atoms with Gasteiger partial charge in [0.15, 0.2) is 0 Å². The molecule has 6 heteroatoms. The van der Waals surface area contributed by atoms with Gasteiger partial charge in [0.2, 0.25) is 0 Å². The fourth-order valence-electron chi connectivity index (χ4n) is 2.53. The quantitative estimate of drug-likeness (QED) is 0.533. The summed E-state index contributed by atoms with van der Waals surface area (Å²) in [5, 5.41) is 22.1. The number of nitrogens with zero attached hydrogens (tertiary/aromatic N) is 2. The van der Waals surface area contributed by atoms with E-state index >= 15 is 0 Å². The molecule has 0 aliphatic heterocycles. The molecule has 0 N–H and O–H groups in total. The third-order valence-corrected chi connectivity index (χ3v) is 3.90. The molecule has 25 heavy (non-hydrogen) atoms. The van der Waals surface area contributed by atoms with Gasteiger partial charge in [-0.1, -0.05) is 45.0 Å². The van der Waals surface area contributed by atoms with Crippen LogP contribution in [0.5, 0.6) is 0 Å². The van der Waals surface area contributed by atoms with Crippen molar-refractivity contribution in [2.75, 3.05) is 0 Å². The van der Waals surface area contributed by atoms with Crippen LogP contribution in [-0.2, 0) is 19.3 Å². The molecule has 0 spiro atoms. The summed E-state index contributed by atoms with van der Waals surface area (Å²) in [7, 11) is 0. The van der Waals surface area contributed by atoms with Gasteiger partial charge in [0, 0.05) is 23.3 Å². The largest absolute Gasteiger partial charge is 0.272 e. The molecule has 134 valence electrons. The van der Waals surface area contributed by atoms with E-state index < -0.39 is 0 Å². The topological polar surface area (TPSA) is 86.3 Å². The van der Waals surface area contributed by atoms with Crippen LogP contribution in [0, 0.1) is 27.2 Å². The van der Waals surface area contributed by atoms with Gasteiger partial charge in [0.1, 0.15) is 0 Å². The molecule has 2 aromatic carbocycles. The summed E-state index contributed by atoms with van der Waals surface area (Å²) in [5.74, 6) is 0. The van der Waals surface area contributed by atoms with Gasteiger partial charge in [-0.25, -0.2) is 0 Å². The van der Waals surface area contributed by atoms with Gasteiger partial charge in [-0.15, -0.1) is 0 Å². The first-order valence-corrected chi connectivity index (χ1v) is 8.42. The maximum Gasteiger partial charge on any atom is 0.272 e. The highest BCUT2D eigenvalue weighted by Crippen LogP contribution is 2.23. The molecule has 0 saturated heterocycles. The molecule has 0 radical (unpaired) electrons. The minimum Gasteiger partial charge on any atom is -0.258 e. The number of benzene rings is 2. The number of hydrogen-bond donors (Lipinski definition) is 0. The molecule has 2 aromatic rings. The molecule has 0 aromatic heterocycles. The molecule has 0 saturated carbocycles. The van der Waals surface area contributed by atoms with Crippen molar-refractivity contribution in [2.45, 2.75) is 47.0 Å². The Balaban J connectivity index is 0.00000151. The maximum absolute atomic E-state index is 11.1. The van der Waals surface area contributed by atoms with Crippen molar-refractivity contribution in [3.8, 4) is 0 Å². The van der Waals surface area contributed by atoms with Gasteiger partial charge in [-0.05, 0) is 37.3 Å². The zero-order valence-electron chi connectivity index (χ0n) is 15.1. The molecule has 0 aliphatic rings. The van der Waals surface area contributed by atoms with Crippen molar-refractivity contribution in [1.29, 1.82) is 0 Å².